The van der Waals surface area contributed by atoms with Gasteiger partial charge in [-0.25, -0.2) is 19.9 Å². The smallest absolute Gasteiger partial charge is 0.321 e. The van der Waals surface area contributed by atoms with Crippen molar-refractivity contribution in [2.24, 2.45) is 5.11 Å². The summed E-state index contributed by atoms with van der Waals surface area (Å²) >= 11 is 4.30. The van der Waals surface area contributed by atoms with Gasteiger partial charge >= 0.3 is 6.72 Å². The minimum Gasteiger partial charge on any atom is -0.382 e. The van der Waals surface area contributed by atoms with Crippen LogP contribution in [0.25, 0.3) is 0 Å². The van der Waals surface area contributed by atoms with E-state index in [4.69, 9.17) is 25.8 Å². The highest BCUT2D eigenvalue weighted by Crippen LogP contribution is 2.38. The molecule has 6 N–H and O–H groups in total. The summed E-state index contributed by atoms with van der Waals surface area (Å²) in [7, 11) is 0. The van der Waals surface area contributed by atoms with Crippen molar-refractivity contribution < 1.29 is 23.4 Å². The van der Waals surface area contributed by atoms with E-state index in [0.717, 1.165) is 6.33 Å². The van der Waals surface area contributed by atoms with Crippen molar-refractivity contribution >= 4 is 35.8 Å². The topological polar surface area (TPSA) is 159 Å². The molecule has 0 amide bonds. The SMILES string of the molecule is N=Nc1c(N)ncnc1N[C@@H]1O[C@H](COP(O)(O)=S)C[C@@H]1F. The van der Waals surface area contributed by atoms with Gasteiger partial charge in [0, 0.05) is 6.42 Å². The highest BCUT2D eigenvalue weighted by molar-refractivity contribution is 8.06. The van der Waals surface area contributed by atoms with Crippen molar-refractivity contribution in [1.82, 2.24) is 9.97 Å². The Kier molecular flexibility index (Phi) is 5.32. The molecule has 1 aromatic rings. The quantitative estimate of drug-likeness (QED) is 0.369. The first kappa shape index (κ1) is 17.1. The first-order valence-electron chi connectivity index (χ1n) is 6.04. The maximum absolute atomic E-state index is 13.9. The Labute approximate surface area is 129 Å². The van der Waals surface area contributed by atoms with Crippen LogP contribution >= 0.6 is 6.72 Å². The molecule has 0 spiro atoms. The number of nitrogen functional groups attached to an aromatic ring is 1. The van der Waals surface area contributed by atoms with Gasteiger partial charge in [-0.05, 0) is 11.8 Å². The molecule has 0 aromatic carbocycles. The number of hydrogen-bond donors (Lipinski definition) is 5. The number of rotatable bonds is 6. The molecule has 22 heavy (non-hydrogen) atoms. The van der Waals surface area contributed by atoms with Crippen LogP contribution in [0.2, 0.25) is 0 Å². The second kappa shape index (κ2) is 6.86. The number of nitrogens with zero attached hydrogens (tertiary/aromatic N) is 3. The predicted molar refractivity (Wildman–Crippen MR) is 77.7 cm³/mol. The zero-order valence-corrected chi connectivity index (χ0v) is 12.8. The van der Waals surface area contributed by atoms with Crippen LogP contribution in [-0.4, -0.2) is 44.9 Å². The summed E-state index contributed by atoms with van der Waals surface area (Å²) in [6, 6.07) is 0. The Morgan fingerprint density at radius 3 is 3.00 bits per heavy atom. The Balaban J connectivity index is 2.01. The van der Waals surface area contributed by atoms with Gasteiger partial charge in [-0.3, -0.25) is 0 Å². The van der Waals surface area contributed by atoms with Crippen LogP contribution in [0, 0.1) is 5.53 Å². The van der Waals surface area contributed by atoms with Gasteiger partial charge in [-0.15, -0.1) is 0 Å². The molecule has 0 unspecified atom stereocenters. The van der Waals surface area contributed by atoms with Gasteiger partial charge in [0.1, 0.15) is 12.5 Å². The highest BCUT2D eigenvalue weighted by Gasteiger charge is 2.37. The highest BCUT2D eigenvalue weighted by atomic mass is 32.5. The molecule has 2 rings (SSSR count). The fraction of sp³-hybridized carbons (Fsp3) is 0.556. The normalized spacial score (nSPS) is 25.1. The number of nitrogens with two attached hydrogens (primary N) is 1. The molecule has 0 aliphatic carbocycles. The van der Waals surface area contributed by atoms with Gasteiger partial charge < -0.3 is 30.1 Å². The largest absolute Gasteiger partial charge is 0.382 e. The Bertz CT molecular complexity index is 603. The number of nitrogens with one attached hydrogen (secondary N) is 2. The van der Waals surface area contributed by atoms with Gasteiger partial charge in [-0.1, -0.05) is 0 Å². The Hall–Kier alpha value is -1.30. The van der Waals surface area contributed by atoms with E-state index in [1.807, 2.05) is 0 Å². The lowest BCUT2D eigenvalue weighted by Gasteiger charge is -2.17. The molecule has 1 saturated heterocycles. The molecule has 1 aliphatic heterocycles. The lowest BCUT2D eigenvalue weighted by atomic mass is 10.2. The monoisotopic (exact) mass is 352 g/mol. The molecule has 2 heterocycles. The summed E-state index contributed by atoms with van der Waals surface area (Å²) < 4.78 is 23.9. The average molecular weight is 352 g/mol. The summed E-state index contributed by atoms with van der Waals surface area (Å²) in [5.74, 6) is 0.0354. The Morgan fingerprint density at radius 1 is 1.64 bits per heavy atom. The minimum atomic E-state index is -3.81. The standard InChI is InChI=1S/C9H14FN6O4PS/c10-5-1-4(2-19-21(17,18)22)20-9(5)15-8-6(16-12)7(11)13-3-14-8/h3-5,9,12H,1-2H2,(H2,17,18,22)(H3,11,13,14,15)/t4-,5-,9+/m0/s1. The summed E-state index contributed by atoms with van der Waals surface area (Å²) in [5.41, 5.74) is 12.5. The predicted octanol–water partition coefficient (Wildman–Crippen LogP) is 0.812. The molecule has 0 saturated carbocycles. The molecular formula is C9H14FN6O4PS. The molecule has 1 aromatic heterocycles. The van der Waals surface area contributed by atoms with Crippen LogP contribution < -0.4 is 11.1 Å². The van der Waals surface area contributed by atoms with E-state index in [1.165, 1.54) is 0 Å². The molecule has 1 aliphatic rings. The third-order valence-corrected chi connectivity index (χ3v) is 3.63. The van der Waals surface area contributed by atoms with Crippen LogP contribution in [-0.2, 0) is 21.1 Å². The summed E-state index contributed by atoms with van der Waals surface area (Å²) in [5, 5.41) is 5.82. The maximum Gasteiger partial charge on any atom is 0.321 e. The van der Waals surface area contributed by atoms with E-state index in [2.05, 4.69) is 36.7 Å². The van der Waals surface area contributed by atoms with Crippen LogP contribution in [0.4, 0.5) is 21.7 Å². The fourth-order valence-corrected chi connectivity index (χ4v) is 2.42. The van der Waals surface area contributed by atoms with E-state index >= 15 is 0 Å². The van der Waals surface area contributed by atoms with Gasteiger partial charge in [0.2, 0.25) is 0 Å². The Morgan fingerprint density at radius 2 is 2.36 bits per heavy atom. The lowest BCUT2D eigenvalue weighted by Crippen LogP contribution is -2.28. The van der Waals surface area contributed by atoms with Crippen molar-refractivity contribution in [2.45, 2.75) is 24.9 Å². The molecule has 122 valence electrons. The average Bonchev–Trinajstić information content (AvgIpc) is 2.77. The van der Waals surface area contributed by atoms with Gasteiger partial charge in [0.05, 0.1) is 12.7 Å². The third-order valence-electron chi connectivity index (χ3n) is 2.83. The molecule has 1 fully saturated rings. The number of alkyl halides is 1. The number of aromatic nitrogens is 2. The van der Waals surface area contributed by atoms with Gasteiger partial charge in [-0.2, -0.15) is 5.11 Å². The first-order valence-corrected chi connectivity index (χ1v) is 8.67. The molecular weight excluding hydrogens is 338 g/mol. The van der Waals surface area contributed by atoms with E-state index < -0.39 is 25.2 Å². The second-order valence-corrected chi connectivity index (χ2v) is 7.10. The number of ether oxygens (including phenoxy) is 1. The zero-order chi connectivity index (χ0) is 16.3. The van der Waals surface area contributed by atoms with Crippen molar-refractivity contribution in [1.29, 1.82) is 5.53 Å². The van der Waals surface area contributed by atoms with Gasteiger partial charge in [0.15, 0.2) is 23.6 Å². The second-order valence-electron chi connectivity index (χ2n) is 4.43. The van der Waals surface area contributed by atoms with Crippen molar-refractivity contribution in [3.63, 3.8) is 0 Å². The zero-order valence-electron chi connectivity index (χ0n) is 11.1. The van der Waals surface area contributed by atoms with Crippen molar-refractivity contribution in [2.75, 3.05) is 17.7 Å². The van der Waals surface area contributed by atoms with Crippen LogP contribution in [0.15, 0.2) is 11.4 Å². The van der Waals surface area contributed by atoms with Crippen molar-refractivity contribution in [3.05, 3.63) is 6.33 Å². The van der Waals surface area contributed by atoms with Crippen LogP contribution in [0.1, 0.15) is 6.42 Å². The molecule has 0 bridgehead atoms. The van der Waals surface area contributed by atoms with Crippen LogP contribution in [0.5, 0.6) is 0 Å². The molecule has 13 heteroatoms. The maximum atomic E-state index is 13.9. The fourth-order valence-electron chi connectivity index (χ4n) is 1.88. The number of hydrogen-bond acceptors (Lipinski definition) is 9. The van der Waals surface area contributed by atoms with Gasteiger partial charge in [0.25, 0.3) is 0 Å². The number of halogens is 1. The van der Waals surface area contributed by atoms with Crippen LogP contribution in [0.3, 0.4) is 0 Å². The van der Waals surface area contributed by atoms with E-state index in [-0.39, 0.29) is 30.4 Å². The molecule has 0 radical (unpaired) electrons. The van der Waals surface area contributed by atoms with E-state index in [0.29, 0.717) is 0 Å². The number of anilines is 2. The summed E-state index contributed by atoms with van der Waals surface area (Å²) in [4.78, 5) is 25.5. The third kappa shape index (κ3) is 4.35. The first-order chi connectivity index (χ1) is 10.3. The summed E-state index contributed by atoms with van der Waals surface area (Å²) in [6.45, 7) is -4.06. The molecule has 10 nitrogen and oxygen atoms in total. The van der Waals surface area contributed by atoms with E-state index in [1.54, 1.807) is 0 Å². The minimum absolute atomic E-state index is 0.0259. The van der Waals surface area contributed by atoms with E-state index in [9.17, 15) is 4.39 Å². The lowest BCUT2D eigenvalue weighted by molar-refractivity contribution is 0.0182. The summed E-state index contributed by atoms with van der Waals surface area (Å²) in [6.07, 6.45) is -2.06. The van der Waals surface area contributed by atoms with Crippen molar-refractivity contribution in [3.8, 4) is 0 Å². The molecule has 3 atom stereocenters.